The van der Waals surface area contributed by atoms with Crippen molar-refractivity contribution in [2.75, 3.05) is 13.7 Å². The largest absolute Gasteiger partial charge is 0.384 e. The Morgan fingerprint density at radius 2 is 1.81 bits per heavy atom. The van der Waals surface area contributed by atoms with Crippen LogP contribution in [0.3, 0.4) is 0 Å². The molecule has 1 aliphatic rings. The van der Waals surface area contributed by atoms with Crippen LogP contribution in [0.25, 0.3) is 0 Å². The van der Waals surface area contributed by atoms with Gasteiger partial charge < -0.3 is 5.11 Å². The van der Waals surface area contributed by atoms with E-state index in [2.05, 4.69) is 11.8 Å². The number of hydrogen-bond acceptors (Lipinski definition) is 3. The summed E-state index contributed by atoms with van der Waals surface area (Å²) in [5.41, 5.74) is 0.698. The van der Waals surface area contributed by atoms with Crippen molar-refractivity contribution in [2.24, 2.45) is 0 Å². The Morgan fingerprint density at radius 1 is 1.19 bits per heavy atom. The zero-order chi connectivity index (χ0) is 15.3. The summed E-state index contributed by atoms with van der Waals surface area (Å²) in [6.07, 6.45) is 5.27. The minimum absolute atomic E-state index is 0.109. The molecule has 4 nitrogen and oxygen atoms in total. The van der Waals surface area contributed by atoms with Crippen LogP contribution in [0.15, 0.2) is 29.2 Å². The summed E-state index contributed by atoms with van der Waals surface area (Å²) in [7, 11) is -1.77. The molecular formula is C16H21NO3S. The Bertz CT molecular complexity index is 620. The molecule has 0 heterocycles. The summed E-state index contributed by atoms with van der Waals surface area (Å²) < 4.78 is 26.7. The van der Waals surface area contributed by atoms with Gasteiger partial charge in [-0.1, -0.05) is 31.1 Å². The fourth-order valence-electron chi connectivity index (χ4n) is 2.66. The molecular weight excluding hydrogens is 286 g/mol. The summed E-state index contributed by atoms with van der Waals surface area (Å²) >= 11 is 0. The number of hydrogen-bond donors (Lipinski definition) is 1. The van der Waals surface area contributed by atoms with Crippen molar-refractivity contribution in [3.63, 3.8) is 0 Å². The third kappa shape index (κ3) is 3.85. The lowest BCUT2D eigenvalue weighted by Crippen LogP contribution is -2.38. The number of benzene rings is 1. The molecule has 0 spiro atoms. The predicted octanol–water partition coefficient (Wildman–Crippen LogP) is 1.98. The van der Waals surface area contributed by atoms with Gasteiger partial charge in [0.15, 0.2) is 0 Å². The van der Waals surface area contributed by atoms with Gasteiger partial charge >= 0.3 is 0 Å². The van der Waals surface area contributed by atoms with Crippen molar-refractivity contribution in [1.29, 1.82) is 0 Å². The van der Waals surface area contributed by atoms with Gasteiger partial charge in [-0.3, -0.25) is 0 Å². The van der Waals surface area contributed by atoms with Gasteiger partial charge in [-0.05, 0) is 37.1 Å². The van der Waals surface area contributed by atoms with E-state index in [-0.39, 0.29) is 12.6 Å². The maximum absolute atomic E-state index is 12.6. The summed E-state index contributed by atoms with van der Waals surface area (Å²) in [6.45, 7) is -0.204. The topological polar surface area (TPSA) is 57.6 Å². The molecule has 0 atom stereocenters. The van der Waals surface area contributed by atoms with E-state index in [1.165, 1.54) is 10.7 Å². The van der Waals surface area contributed by atoms with Gasteiger partial charge in [-0.15, -0.1) is 0 Å². The first-order valence-electron chi connectivity index (χ1n) is 7.23. The minimum atomic E-state index is -3.44. The average molecular weight is 307 g/mol. The van der Waals surface area contributed by atoms with Gasteiger partial charge in [-0.2, -0.15) is 4.31 Å². The molecule has 0 amide bonds. The van der Waals surface area contributed by atoms with Crippen LogP contribution in [-0.2, 0) is 10.0 Å². The van der Waals surface area contributed by atoms with E-state index in [1.807, 2.05) is 0 Å². The van der Waals surface area contributed by atoms with Gasteiger partial charge in [-0.25, -0.2) is 8.42 Å². The third-order valence-electron chi connectivity index (χ3n) is 3.93. The highest BCUT2D eigenvalue weighted by molar-refractivity contribution is 7.89. The summed E-state index contributed by atoms with van der Waals surface area (Å²) in [4.78, 5) is 0.296. The van der Waals surface area contributed by atoms with Crippen molar-refractivity contribution in [2.45, 2.75) is 43.0 Å². The average Bonchev–Trinajstić information content (AvgIpc) is 2.53. The zero-order valence-electron chi connectivity index (χ0n) is 12.2. The van der Waals surface area contributed by atoms with Crippen LogP contribution >= 0.6 is 0 Å². The second-order valence-corrected chi connectivity index (χ2v) is 7.29. The molecule has 0 unspecified atom stereocenters. The lowest BCUT2D eigenvalue weighted by molar-refractivity contribution is 0.286. The number of aliphatic hydroxyl groups excluding tert-OH is 1. The Balaban J connectivity index is 2.18. The second kappa shape index (κ2) is 7.08. The van der Waals surface area contributed by atoms with E-state index in [0.29, 0.717) is 10.5 Å². The fourth-order valence-corrected chi connectivity index (χ4v) is 4.07. The first-order chi connectivity index (χ1) is 10.1. The summed E-state index contributed by atoms with van der Waals surface area (Å²) in [6, 6.07) is 6.61. The summed E-state index contributed by atoms with van der Waals surface area (Å²) in [5, 5.41) is 8.65. The lowest BCUT2D eigenvalue weighted by atomic mass is 9.96. The molecule has 1 aromatic carbocycles. The third-order valence-corrected chi connectivity index (χ3v) is 5.86. The normalized spacial score (nSPS) is 16.5. The quantitative estimate of drug-likeness (QED) is 0.869. The molecule has 2 rings (SSSR count). The van der Waals surface area contributed by atoms with Crippen LogP contribution in [0.4, 0.5) is 0 Å². The van der Waals surface area contributed by atoms with Gasteiger partial charge in [0.25, 0.3) is 0 Å². The second-order valence-electron chi connectivity index (χ2n) is 5.30. The highest BCUT2D eigenvalue weighted by Gasteiger charge is 2.28. The van der Waals surface area contributed by atoms with Crippen LogP contribution in [-0.4, -0.2) is 37.5 Å². The van der Waals surface area contributed by atoms with E-state index in [0.717, 1.165) is 25.7 Å². The number of nitrogens with zero attached hydrogens (tertiary/aromatic N) is 1. The molecule has 0 radical (unpaired) electrons. The SMILES string of the molecule is CN(C1CCCCC1)S(=O)(=O)c1ccc(C#CCO)cc1. The molecule has 21 heavy (non-hydrogen) atoms. The maximum atomic E-state index is 12.6. The predicted molar refractivity (Wildman–Crippen MR) is 82.2 cm³/mol. The first-order valence-corrected chi connectivity index (χ1v) is 8.67. The molecule has 114 valence electrons. The molecule has 1 aliphatic carbocycles. The fraction of sp³-hybridized carbons (Fsp3) is 0.500. The van der Waals surface area contributed by atoms with Gasteiger partial charge in [0.2, 0.25) is 10.0 Å². The maximum Gasteiger partial charge on any atom is 0.243 e. The monoisotopic (exact) mass is 307 g/mol. The van der Waals surface area contributed by atoms with Crippen molar-refractivity contribution >= 4 is 10.0 Å². The molecule has 0 bridgehead atoms. The molecule has 1 fully saturated rings. The van der Waals surface area contributed by atoms with Crippen LogP contribution in [0.2, 0.25) is 0 Å². The Hall–Kier alpha value is -1.35. The van der Waals surface area contributed by atoms with E-state index >= 15 is 0 Å². The van der Waals surface area contributed by atoms with Gasteiger partial charge in [0.05, 0.1) is 4.90 Å². The molecule has 1 N–H and O–H groups in total. The highest BCUT2D eigenvalue weighted by atomic mass is 32.2. The molecule has 1 aromatic rings. The van der Waals surface area contributed by atoms with Crippen LogP contribution < -0.4 is 0 Å². The van der Waals surface area contributed by atoms with Crippen LogP contribution in [0.5, 0.6) is 0 Å². The van der Waals surface area contributed by atoms with Crippen molar-refractivity contribution in [3.05, 3.63) is 29.8 Å². The number of aliphatic hydroxyl groups is 1. The molecule has 1 saturated carbocycles. The van der Waals surface area contributed by atoms with Gasteiger partial charge in [0.1, 0.15) is 6.61 Å². The van der Waals surface area contributed by atoms with E-state index in [9.17, 15) is 8.42 Å². The standard InChI is InChI=1S/C16H21NO3S/c1-17(15-7-3-2-4-8-15)21(19,20)16-11-9-14(10-12-16)6-5-13-18/h9-12,15,18H,2-4,7-8,13H2,1H3. The Morgan fingerprint density at radius 3 is 2.38 bits per heavy atom. The highest BCUT2D eigenvalue weighted by Crippen LogP contribution is 2.26. The molecule has 0 saturated heterocycles. The van der Waals surface area contributed by atoms with Crippen LogP contribution in [0, 0.1) is 11.8 Å². The van der Waals surface area contributed by atoms with Gasteiger partial charge in [0, 0.05) is 18.7 Å². The van der Waals surface area contributed by atoms with Crippen molar-refractivity contribution < 1.29 is 13.5 Å². The first kappa shape index (κ1) is 16.0. The Kier molecular flexibility index (Phi) is 5.40. The van der Waals surface area contributed by atoms with E-state index in [1.54, 1.807) is 31.3 Å². The van der Waals surface area contributed by atoms with Crippen molar-refractivity contribution in [1.82, 2.24) is 4.31 Å². The zero-order valence-corrected chi connectivity index (χ0v) is 13.1. The molecule has 0 aromatic heterocycles. The molecule has 5 heteroatoms. The van der Waals surface area contributed by atoms with E-state index in [4.69, 9.17) is 5.11 Å². The van der Waals surface area contributed by atoms with Crippen molar-refractivity contribution in [3.8, 4) is 11.8 Å². The number of sulfonamides is 1. The van der Waals surface area contributed by atoms with Crippen LogP contribution in [0.1, 0.15) is 37.7 Å². The summed E-state index contributed by atoms with van der Waals surface area (Å²) in [5.74, 6) is 5.30. The Labute approximate surface area is 126 Å². The lowest BCUT2D eigenvalue weighted by Gasteiger charge is -2.30. The number of rotatable bonds is 3. The molecule has 0 aliphatic heterocycles. The smallest absolute Gasteiger partial charge is 0.243 e. The minimum Gasteiger partial charge on any atom is -0.384 e. The van der Waals surface area contributed by atoms with E-state index < -0.39 is 10.0 Å².